The molecule has 3 nitrogen and oxygen atoms in total. The van der Waals surface area contributed by atoms with Gasteiger partial charge in [0.1, 0.15) is 0 Å². The van der Waals surface area contributed by atoms with Crippen LogP contribution in [0.2, 0.25) is 0 Å². The summed E-state index contributed by atoms with van der Waals surface area (Å²) in [6.45, 7) is 3.88. The number of rotatable bonds is 4. The molecule has 0 bridgehead atoms. The summed E-state index contributed by atoms with van der Waals surface area (Å²) in [7, 11) is 2.25. The maximum atomic E-state index is 4.11. The summed E-state index contributed by atoms with van der Waals surface area (Å²) in [5.74, 6) is 0. The zero-order chi connectivity index (χ0) is 13.8. The Labute approximate surface area is 123 Å². The Bertz CT molecular complexity index is 398. The minimum atomic E-state index is 0.816. The number of nitrogens with zero attached hydrogens (tertiary/aromatic N) is 3. The Kier molecular flexibility index (Phi) is 4.69. The molecule has 0 radical (unpaired) electrons. The molecule has 0 saturated carbocycles. The van der Waals surface area contributed by atoms with Gasteiger partial charge < -0.3 is 4.90 Å². The fourth-order valence-corrected chi connectivity index (χ4v) is 3.86. The Balaban J connectivity index is 1.53. The number of aromatic nitrogens is 1. The van der Waals surface area contributed by atoms with Crippen LogP contribution in [-0.4, -0.2) is 53.5 Å². The lowest BCUT2D eigenvalue weighted by molar-refractivity contribution is 0.107. The summed E-state index contributed by atoms with van der Waals surface area (Å²) in [4.78, 5) is 9.40. The zero-order valence-corrected chi connectivity index (χ0v) is 12.7. The molecule has 3 heteroatoms. The molecule has 0 spiro atoms. The predicted molar refractivity (Wildman–Crippen MR) is 82.8 cm³/mol. The highest BCUT2D eigenvalue weighted by Crippen LogP contribution is 2.28. The second-order valence-corrected chi connectivity index (χ2v) is 6.46. The van der Waals surface area contributed by atoms with Gasteiger partial charge in [-0.3, -0.25) is 9.88 Å². The van der Waals surface area contributed by atoms with Crippen LogP contribution in [0.1, 0.15) is 37.7 Å². The van der Waals surface area contributed by atoms with E-state index in [1.165, 1.54) is 63.7 Å². The molecule has 1 aromatic heterocycles. The summed E-state index contributed by atoms with van der Waals surface area (Å²) in [6, 6.07) is 5.98. The van der Waals surface area contributed by atoms with E-state index in [1.807, 2.05) is 12.4 Å². The van der Waals surface area contributed by atoms with Crippen molar-refractivity contribution in [3.05, 3.63) is 30.1 Å². The molecule has 2 aliphatic heterocycles. The zero-order valence-electron chi connectivity index (χ0n) is 12.7. The smallest absolute Gasteiger partial charge is 0.0270 e. The maximum Gasteiger partial charge on any atom is 0.0270 e. The Morgan fingerprint density at radius 3 is 2.60 bits per heavy atom. The van der Waals surface area contributed by atoms with E-state index in [0.29, 0.717) is 0 Å². The standard InChI is InChI=1S/C17H27N3/c1-19-13-8-17(9-14-19)20-12-2-3-16(20)5-4-15-6-10-18-11-7-15/h6-7,10-11,16-17H,2-5,8-9,12-14H2,1H3/t16-/m1/s1. The second-order valence-electron chi connectivity index (χ2n) is 6.46. The van der Waals surface area contributed by atoms with E-state index in [-0.39, 0.29) is 0 Å². The van der Waals surface area contributed by atoms with Crippen LogP contribution in [-0.2, 0) is 6.42 Å². The molecule has 0 aromatic carbocycles. The first-order valence-corrected chi connectivity index (χ1v) is 8.16. The average molecular weight is 273 g/mol. The molecule has 110 valence electrons. The molecule has 0 N–H and O–H groups in total. The number of hydrogen-bond donors (Lipinski definition) is 0. The van der Waals surface area contributed by atoms with Crippen molar-refractivity contribution in [2.45, 2.75) is 50.6 Å². The quantitative estimate of drug-likeness (QED) is 0.840. The molecule has 20 heavy (non-hydrogen) atoms. The molecule has 0 unspecified atom stereocenters. The van der Waals surface area contributed by atoms with Crippen molar-refractivity contribution in [3.8, 4) is 0 Å². The van der Waals surface area contributed by atoms with Crippen LogP contribution in [0.25, 0.3) is 0 Å². The SMILES string of the molecule is CN1CCC(N2CCC[C@@H]2CCc2ccncc2)CC1. The largest absolute Gasteiger partial charge is 0.306 e. The maximum absolute atomic E-state index is 4.11. The predicted octanol–water partition coefficient (Wildman–Crippen LogP) is 2.57. The van der Waals surface area contributed by atoms with Crippen molar-refractivity contribution in [2.24, 2.45) is 0 Å². The first-order chi connectivity index (χ1) is 9.83. The third-order valence-electron chi connectivity index (χ3n) is 5.10. The second kappa shape index (κ2) is 6.68. The molecule has 3 rings (SSSR count). The number of piperidine rings is 1. The molecule has 1 aromatic rings. The van der Waals surface area contributed by atoms with Crippen LogP contribution in [0.15, 0.2) is 24.5 Å². The number of aryl methyl sites for hydroxylation is 1. The van der Waals surface area contributed by atoms with Gasteiger partial charge in [0, 0.05) is 24.5 Å². The van der Waals surface area contributed by atoms with Crippen LogP contribution < -0.4 is 0 Å². The van der Waals surface area contributed by atoms with E-state index in [9.17, 15) is 0 Å². The first-order valence-electron chi connectivity index (χ1n) is 8.16. The molecule has 0 aliphatic carbocycles. The van der Waals surface area contributed by atoms with Crippen molar-refractivity contribution in [1.82, 2.24) is 14.8 Å². The average Bonchev–Trinajstić information content (AvgIpc) is 2.95. The van der Waals surface area contributed by atoms with Gasteiger partial charge in [0.2, 0.25) is 0 Å². The normalized spacial score (nSPS) is 26.1. The Hall–Kier alpha value is -0.930. The van der Waals surface area contributed by atoms with Crippen LogP contribution in [0, 0.1) is 0 Å². The summed E-state index contributed by atoms with van der Waals surface area (Å²) in [5, 5.41) is 0. The van der Waals surface area contributed by atoms with E-state index < -0.39 is 0 Å². The summed E-state index contributed by atoms with van der Waals surface area (Å²) in [6.07, 6.45) is 11.9. The van der Waals surface area contributed by atoms with Crippen LogP contribution >= 0.6 is 0 Å². The molecule has 2 aliphatic rings. The molecule has 3 heterocycles. The van der Waals surface area contributed by atoms with Gasteiger partial charge in [0.05, 0.1) is 0 Å². The molecular formula is C17H27N3. The molecule has 1 atom stereocenters. The minimum Gasteiger partial charge on any atom is -0.306 e. The van der Waals surface area contributed by atoms with Crippen molar-refractivity contribution < 1.29 is 0 Å². The fourth-order valence-electron chi connectivity index (χ4n) is 3.86. The Morgan fingerprint density at radius 1 is 1.10 bits per heavy atom. The topological polar surface area (TPSA) is 19.4 Å². The molecule has 2 saturated heterocycles. The van der Waals surface area contributed by atoms with Gasteiger partial charge >= 0.3 is 0 Å². The number of hydrogen-bond acceptors (Lipinski definition) is 3. The summed E-state index contributed by atoms with van der Waals surface area (Å²) >= 11 is 0. The van der Waals surface area contributed by atoms with Gasteiger partial charge in [0.25, 0.3) is 0 Å². The molecule has 2 fully saturated rings. The lowest BCUT2D eigenvalue weighted by atomic mass is 9.99. The van der Waals surface area contributed by atoms with E-state index >= 15 is 0 Å². The third kappa shape index (κ3) is 3.39. The fraction of sp³-hybridized carbons (Fsp3) is 0.706. The number of likely N-dealkylation sites (tertiary alicyclic amines) is 2. The van der Waals surface area contributed by atoms with Gasteiger partial charge in [0.15, 0.2) is 0 Å². The first kappa shape index (κ1) is 14.0. The van der Waals surface area contributed by atoms with Crippen LogP contribution in [0.3, 0.4) is 0 Å². The minimum absolute atomic E-state index is 0.816. The van der Waals surface area contributed by atoms with E-state index in [2.05, 4.69) is 34.0 Å². The van der Waals surface area contributed by atoms with Crippen molar-refractivity contribution in [1.29, 1.82) is 0 Å². The highest BCUT2D eigenvalue weighted by atomic mass is 15.2. The van der Waals surface area contributed by atoms with Crippen LogP contribution in [0.4, 0.5) is 0 Å². The number of pyridine rings is 1. The third-order valence-corrected chi connectivity index (χ3v) is 5.10. The van der Waals surface area contributed by atoms with Gasteiger partial charge in [-0.2, -0.15) is 0 Å². The molecular weight excluding hydrogens is 246 g/mol. The summed E-state index contributed by atoms with van der Waals surface area (Å²) in [5.41, 5.74) is 1.44. The monoisotopic (exact) mass is 273 g/mol. The van der Waals surface area contributed by atoms with E-state index in [4.69, 9.17) is 0 Å². The lowest BCUT2D eigenvalue weighted by Gasteiger charge is -2.38. The molecule has 0 amide bonds. The van der Waals surface area contributed by atoms with Crippen LogP contribution in [0.5, 0.6) is 0 Å². The lowest BCUT2D eigenvalue weighted by Crippen LogP contribution is -2.45. The van der Waals surface area contributed by atoms with Gasteiger partial charge in [-0.15, -0.1) is 0 Å². The van der Waals surface area contributed by atoms with Gasteiger partial charge in [-0.25, -0.2) is 0 Å². The van der Waals surface area contributed by atoms with E-state index in [1.54, 1.807) is 0 Å². The Morgan fingerprint density at radius 2 is 1.85 bits per heavy atom. The highest BCUT2D eigenvalue weighted by Gasteiger charge is 2.31. The van der Waals surface area contributed by atoms with Crippen molar-refractivity contribution >= 4 is 0 Å². The van der Waals surface area contributed by atoms with Crippen molar-refractivity contribution in [3.63, 3.8) is 0 Å². The van der Waals surface area contributed by atoms with Gasteiger partial charge in [-0.1, -0.05) is 0 Å². The van der Waals surface area contributed by atoms with Gasteiger partial charge in [-0.05, 0) is 82.9 Å². The highest BCUT2D eigenvalue weighted by molar-refractivity contribution is 5.10. The van der Waals surface area contributed by atoms with Crippen molar-refractivity contribution in [2.75, 3.05) is 26.7 Å². The van der Waals surface area contributed by atoms with E-state index in [0.717, 1.165) is 12.1 Å². The summed E-state index contributed by atoms with van der Waals surface area (Å²) < 4.78 is 0.